The van der Waals surface area contributed by atoms with Crippen LogP contribution in [-0.2, 0) is 14.7 Å². The van der Waals surface area contributed by atoms with Crippen molar-refractivity contribution < 1.29 is 35.3 Å². The van der Waals surface area contributed by atoms with E-state index in [2.05, 4.69) is 22.2 Å². The zero-order chi connectivity index (χ0) is 15.4. The molecule has 0 aromatic rings. The van der Waals surface area contributed by atoms with Gasteiger partial charge in [0, 0.05) is 6.54 Å². The lowest BCUT2D eigenvalue weighted by molar-refractivity contribution is -0.800. The zero-order valence-corrected chi connectivity index (χ0v) is 11.7. The Bertz CT molecular complexity index is 252. The van der Waals surface area contributed by atoms with Gasteiger partial charge in [-0.3, -0.25) is 9.83 Å². The lowest BCUT2D eigenvalue weighted by Crippen LogP contribution is -2.48. The van der Waals surface area contributed by atoms with Crippen molar-refractivity contribution >= 4 is 5.91 Å². The maximum Gasteiger partial charge on any atom is 0.251 e. The summed E-state index contributed by atoms with van der Waals surface area (Å²) in [5.74, 6) is -0.782. The van der Waals surface area contributed by atoms with Gasteiger partial charge in [-0.15, -0.1) is 0 Å². The van der Waals surface area contributed by atoms with Crippen LogP contribution in [0.1, 0.15) is 39.0 Å². The molecule has 0 saturated heterocycles. The molecule has 0 rings (SSSR count). The molecule has 1 amide bonds. The van der Waals surface area contributed by atoms with Crippen LogP contribution in [-0.4, -0.2) is 52.7 Å². The van der Waals surface area contributed by atoms with Gasteiger partial charge in [-0.1, -0.05) is 32.6 Å². The van der Waals surface area contributed by atoms with E-state index in [9.17, 15) is 25.4 Å². The van der Waals surface area contributed by atoms with Crippen LogP contribution >= 0.6 is 0 Å². The number of aliphatic hydroxyl groups excluding tert-OH is 3. The molecule has 0 aromatic carbocycles. The van der Waals surface area contributed by atoms with Crippen LogP contribution in [0.5, 0.6) is 0 Å². The van der Waals surface area contributed by atoms with E-state index in [-0.39, 0.29) is 0 Å². The molecule has 20 heavy (non-hydrogen) atoms. The Labute approximate surface area is 118 Å². The number of hydrogen-bond donors (Lipinski definition) is 4. The summed E-state index contributed by atoms with van der Waals surface area (Å²) in [6.07, 6.45) is -0.0413. The summed E-state index contributed by atoms with van der Waals surface area (Å²) in [7, 11) is 0. The van der Waals surface area contributed by atoms with E-state index in [1.165, 1.54) is 0 Å². The first-order valence-corrected chi connectivity index (χ1v) is 6.77. The van der Waals surface area contributed by atoms with Gasteiger partial charge < -0.3 is 25.9 Å². The zero-order valence-electron chi connectivity index (χ0n) is 11.7. The number of unbranched alkanes of at least 4 members (excludes halogenated alkanes) is 4. The normalized spacial score (nSPS) is 15.7. The number of hydrogen-bond acceptors (Lipinski definition) is 7. The maximum atomic E-state index is 11.5. The van der Waals surface area contributed by atoms with Gasteiger partial charge in [0.05, 0.1) is 0 Å². The predicted octanol–water partition coefficient (Wildman–Crippen LogP) is -1.62. The van der Waals surface area contributed by atoms with Gasteiger partial charge in [0.25, 0.3) is 5.91 Å². The molecule has 3 atom stereocenters. The third kappa shape index (κ3) is 8.41. The first-order chi connectivity index (χ1) is 9.54. The molecule has 0 fully saturated rings. The fourth-order valence-electron chi connectivity index (χ4n) is 1.61. The number of nitrogens with one attached hydrogen (secondary N) is 1. The van der Waals surface area contributed by atoms with Gasteiger partial charge >= 0.3 is 0 Å². The second kappa shape index (κ2) is 12.0. The Balaban J connectivity index is 3.83. The summed E-state index contributed by atoms with van der Waals surface area (Å²) >= 11 is 0. The van der Waals surface area contributed by atoms with Crippen LogP contribution in [0.15, 0.2) is 0 Å². The molecule has 120 valence electrons. The summed E-state index contributed by atoms with van der Waals surface area (Å²) in [6.45, 7) is 1.85. The highest BCUT2D eigenvalue weighted by Crippen LogP contribution is 2.03. The fourth-order valence-corrected chi connectivity index (χ4v) is 1.61. The second-order valence-corrected chi connectivity index (χ2v) is 4.56. The maximum absolute atomic E-state index is 11.5. The van der Waals surface area contributed by atoms with Crippen molar-refractivity contribution in [3.8, 4) is 0 Å². The fraction of sp³-hybridized carbons (Fsp3) is 0.917. The van der Waals surface area contributed by atoms with Gasteiger partial charge in [0.15, 0.2) is 6.10 Å². The SMILES string of the molecule is CCCCCCCNC(=O)[C@H](O)[C@H](O)[C@H](O)COO[O-]. The molecule has 0 unspecified atom stereocenters. The molecule has 4 N–H and O–H groups in total. The average Bonchev–Trinajstić information content (AvgIpc) is 2.46. The number of aliphatic hydroxyl groups is 3. The number of carbonyl (C=O) groups is 1. The Kier molecular flexibility index (Phi) is 11.5. The van der Waals surface area contributed by atoms with Gasteiger partial charge in [0.1, 0.15) is 18.8 Å². The first-order valence-electron chi connectivity index (χ1n) is 6.77. The Morgan fingerprint density at radius 3 is 2.45 bits per heavy atom. The molecule has 0 radical (unpaired) electrons. The van der Waals surface area contributed by atoms with Crippen LogP contribution < -0.4 is 10.6 Å². The van der Waals surface area contributed by atoms with Crippen molar-refractivity contribution in [2.24, 2.45) is 0 Å². The third-order valence-corrected chi connectivity index (χ3v) is 2.85. The second-order valence-electron chi connectivity index (χ2n) is 4.56. The molecular weight excluding hydrogens is 270 g/mol. The molecule has 8 nitrogen and oxygen atoms in total. The van der Waals surface area contributed by atoms with Crippen molar-refractivity contribution in [2.75, 3.05) is 13.2 Å². The number of rotatable bonds is 12. The van der Waals surface area contributed by atoms with Gasteiger partial charge in [-0.25, -0.2) is 4.89 Å². The Hall–Kier alpha value is -0.770. The van der Waals surface area contributed by atoms with Crippen LogP contribution in [0.2, 0.25) is 0 Å². The molecule has 8 heteroatoms. The van der Waals surface area contributed by atoms with Gasteiger partial charge in [0.2, 0.25) is 0 Å². The molecule has 0 aromatic heterocycles. The minimum Gasteiger partial charge on any atom is -0.692 e. The standard InChI is InChI=1S/C12H25NO7/c1-2-3-4-5-6-7-13-12(17)11(16)10(15)9(14)8-19-20-18/h9-11,14-16,18H,2-8H2,1H3,(H,13,17)/p-1/t9-,10-,11-/m1/s1. The molecule has 0 aliphatic heterocycles. The van der Waals surface area contributed by atoms with E-state index in [1.807, 2.05) is 0 Å². The highest BCUT2D eigenvalue weighted by molar-refractivity contribution is 5.81. The lowest BCUT2D eigenvalue weighted by Gasteiger charge is -2.22. The van der Waals surface area contributed by atoms with Crippen LogP contribution in [0.25, 0.3) is 0 Å². The topological polar surface area (TPSA) is 131 Å². The number of carbonyl (C=O) groups excluding carboxylic acids is 1. The van der Waals surface area contributed by atoms with Gasteiger partial charge in [-0.2, -0.15) is 0 Å². The summed E-state index contributed by atoms with van der Waals surface area (Å²) < 4.78 is 0. The van der Waals surface area contributed by atoms with Crippen molar-refractivity contribution in [2.45, 2.75) is 57.3 Å². The summed E-state index contributed by atoms with van der Waals surface area (Å²) in [5, 5.41) is 43.3. The summed E-state index contributed by atoms with van der Waals surface area (Å²) in [4.78, 5) is 15.4. The lowest BCUT2D eigenvalue weighted by atomic mass is 10.1. The average molecular weight is 294 g/mol. The third-order valence-electron chi connectivity index (χ3n) is 2.85. The van der Waals surface area contributed by atoms with Crippen molar-refractivity contribution in [1.82, 2.24) is 5.32 Å². The minimum atomic E-state index is -1.80. The van der Waals surface area contributed by atoms with E-state index in [1.54, 1.807) is 0 Å². The molecule has 0 aliphatic carbocycles. The first kappa shape index (κ1) is 19.2. The molecule has 0 spiro atoms. The Morgan fingerprint density at radius 1 is 1.20 bits per heavy atom. The van der Waals surface area contributed by atoms with E-state index in [0.29, 0.717) is 6.54 Å². The summed E-state index contributed by atoms with van der Waals surface area (Å²) in [6, 6.07) is 0. The van der Waals surface area contributed by atoms with E-state index < -0.39 is 30.8 Å². The number of amides is 1. The van der Waals surface area contributed by atoms with E-state index in [0.717, 1.165) is 32.1 Å². The minimum absolute atomic E-state index is 0.391. The predicted molar refractivity (Wildman–Crippen MR) is 66.8 cm³/mol. The highest BCUT2D eigenvalue weighted by Gasteiger charge is 2.30. The van der Waals surface area contributed by atoms with Crippen LogP contribution in [0.3, 0.4) is 0 Å². The van der Waals surface area contributed by atoms with Crippen LogP contribution in [0, 0.1) is 0 Å². The molecule has 0 heterocycles. The van der Waals surface area contributed by atoms with E-state index in [4.69, 9.17) is 0 Å². The largest absolute Gasteiger partial charge is 0.692 e. The van der Waals surface area contributed by atoms with Crippen molar-refractivity contribution in [3.05, 3.63) is 0 Å². The quantitative estimate of drug-likeness (QED) is 0.193. The van der Waals surface area contributed by atoms with Crippen molar-refractivity contribution in [1.29, 1.82) is 0 Å². The summed E-state index contributed by atoms with van der Waals surface area (Å²) in [5.41, 5.74) is 0. The molecule has 0 aliphatic rings. The Morgan fingerprint density at radius 2 is 1.85 bits per heavy atom. The molecular formula is C12H24NO7-. The monoisotopic (exact) mass is 294 g/mol. The highest BCUT2D eigenvalue weighted by atomic mass is 17.5. The van der Waals surface area contributed by atoms with Crippen molar-refractivity contribution in [3.63, 3.8) is 0 Å². The van der Waals surface area contributed by atoms with Crippen LogP contribution in [0.4, 0.5) is 0 Å². The van der Waals surface area contributed by atoms with E-state index >= 15 is 0 Å². The molecule has 0 bridgehead atoms. The smallest absolute Gasteiger partial charge is 0.251 e. The molecule has 0 saturated carbocycles. The van der Waals surface area contributed by atoms with Gasteiger partial charge in [-0.05, 0) is 6.42 Å².